The number of rotatable bonds is 2. The molecule has 1 N–H and O–H groups in total. The summed E-state index contributed by atoms with van der Waals surface area (Å²) < 4.78 is 16.3. The van der Waals surface area contributed by atoms with Crippen LogP contribution in [0.1, 0.15) is 43.5 Å². The number of halogens is 2. The SMILES string of the molecule is C[C@@H]1CCC(n2nc3c(c2-c2ccc(Cl)c(F)c2)CCNCC3)C1. The normalized spacial score (nSPS) is 24.0. The Morgan fingerprint density at radius 3 is 2.83 bits per heavy atom. The van der Waals surface area contributed by atoms with Crippen LogP contribution in [0.4, 0.5) is 4.39 Å². The van der Waals surface area contributed by atoms with E-state index in [9.17, 15) is 4.39 Å². The van der Waals surface area contributed by atoms with Crippen LogP contribution in [0.15, 0.2) is 18.2 Å². The standard InChI is InChI=1S/C19H23ClFN3/c1-12-2-4-14(10-12)24-19(13-3-5-16(20)17(21)11-13)15-6-8-22-9-7-18(15)23-24/h3,5,11-12,14,22H,2,4,6-10H2,1H3/t12-,14?/m1/s1. The molecule has 128 valence electrons. The Labute approximate surface area is 147 Å². The van der Waals surface area contributed by atoms with Crippen molar-refractivity contribution in [3.05, 3.63) is 40.3 Å². The van der Waals surface area contributed by atoms with Crippen molar-refractivity contribution >= 4 is 11.6 Å². The van der Waals surface area contributed by atoms with Crippen molar-refractivity contribution in [3.63, 3.8) is 0 Å². The van der Waals surface area contributed by atoms with Gasteiger partial charge in [-0.3, -0.25) is 4.68 Å². The van der Waals surface area contributed by atoms with Gasteiger partial charge in [-0.05, 0) is 50.3 Å². The lowest BCUT2D eigenvalue weighted by atomic mass is 10.0. The minimum Gasteiger partial charge on any atom is -0.316 e. The summed E-state index contributed by atoms with van der Waals surface area (Å²) in [6.07, 6.45) is 5.43. The number of nitrogens with zero attached hydrogens (tertiary/aromatic N) is 2. The van der Waals surface area contributed by atoms with Gasteiger partial charge >= 0.3 is 0 Å². The number of hydrogen-bond acceptors (Lipinski definition) is 2. The molecule has 1 saturated carbocycles. The van der Waals surface area contributed by atoms with Gasteiger partial charge in [-0.2, -0.15) is 5.10 Å². The second kappa shape index (κ2) is 6.49. The molecule has 1 unspecified atom stereocenters. The minimum atomic E-state index is -0.359. The Bertz CT molecular complexity index is 755. The highest BCUT2D eigenvalue weighted by atomic mass is 35.5. The van der Waals surface area contributed by atoms with Crippen LogP contribution in [-0.4, -0.2) is 22.9 Å². The molecular formula is C19H23ClFN3. The van der Waals surface area contributed by atoms with E-state index in [4.69, 9.17) is 16.7 Å². The lowest BCUT2D eigenvalue weighted by Crippen LogP contribution is -2.18. The summed E-state index contributed by atoms with van der Waals surface area (Å²) in [7, 11) is 0. The van der Waals surface area contributed by atoms with Gasteiger partial charge in [-0.25, -0.2) is 4.39 Å². The van der Waals surface area contributed by atoms with Crippen LogP contribution in [0.5, 0.6) is 0 Å². The lowest BCUT2D eigenvalue weighted by Gasteiger charge is -2.16. The molecule has 2 aromatic rings. The van der Waals surface area contributed by atoms with Gasteiger partial charge < -0.3 is 5.32 Å². The highest BCUT2D eigenvalue weighted by molar-refractivity contribution is 6.30. The first-order chi connectivity index (χ1) is 11.6. The van der Waals surface area contributed by atoms with E-state index in [2.05, 4.69) is 16.9 Å². The molecule has 4 rings (SSSR count). The topological polar surface area (TPSA) is 29.9 Å². The maximum absolute atomic E-state index is 14.1. The quantitative estimate of drug-likeness (QED) is 0.873. The Morgan fingerprint density at radius 1 is 1.25 bits per heavy atom. The maximum atomic E-state index is 14.1. The highest BCUT2D eigenvalue weighted by Crippen LogP contribution is 2.39. The van der Waals surface area contributed by atoms with Gasteiger partial charge in [-0.15, -0.1) is 0 Å². The molecule has 0 radical (unpaired) electrons. The predicted octanol–water partition coefficient (Wildman–Crippen LogP) is 4.39. The van der Waals surface area contributed by atoms with E-state index < -0.39 is 0 Å². The zero-order chi connectivity index (χ0) is 16.7. The highest BCUT2D eigenvalue weighted by Gasteiger charge is 2.29. The summed E-state index contributed by atoms with van der Waals surface area (Å²) >= 11 is 5.89. The average Bonchev–Trinajstić information content (AvgIpc) is 3.07. The summed E-state index contributed by atoms with van der Waals surface area (Å²) in [5.41, 5.74) is 4.45. The Balaban J connectivity index is 1.85. The second-order valence-electron chi connectivity index (χ2n) is 7.17. The van der Waals surface area contributed by atoms with E-state index in [1.165, 1.54) is 17.7 Å². The minimum absolute atomic E-state index is 0.173. The van der Waals surface area contributed by atoms with Crippen molar-refractivity contribution in [1.29, 1.82) is 0 Å². The van der Waals surface area contributed by atoms with E-state index in [0.29, 0.717) is 6.04 Å². The summed E-state index contributed by atoms with van der Waals surface area (Å²) in [4.78, 5) is 0. The van der Waals surface area contributed by atoms with Crippen LogP contribution in [0.2, 0.25) is 5.02 Å². The zero-order valence-corrected chi connectivity index (χ0v) is 14.7. The van der Waals surface area contributed by atoms with Crippen molar-refractivity contribution in [3.8, 4) is 11.3 Å². The molecule has 1 aliphatic carbocycles. The third kappa shape index (κ3) is 2.86. The van der Waals surface area contributed by atoms with Crippen LogP contribution < -0.4 is 5.32 Å². The summed E-state index contributed by atoms with van der Waals surface area (Å²) in [6.45, 7) is 4.21. The summed E-state index contributed by atoms with van der Waals surface area (Å²) in [5.74, 6) is 0.373. The molecule has 0 saturated heterocycles. The van der Waals surface area contributed by atoms with Crippen LogP contribution in [0, 0.1) is 11.7 Å². The van der Waals surface area contributed by atoms with Gasteiger partial charge in [0.2, 0.25) is 0 Å². The summed E-state index contributed by atoms with van der Waals surface area (Å²) in [6, 6.07) is 5.57. The maximum Gasteiger partial charge on any atom is 0.142 e. The molecule has 2 atom stereocenters. The van der Waals surface area contributed by atoms with Gasteiger partial charge in [0.25, 0.3) is 0 Å². The van der Waals surface area contributed by atoms with Gasteiger partial charge in [0, 0.05) is 24.1 Å². The molecular weight excluding hydrogens is 325 g/mol. The molecule has 24 heavy (non-hydrogen) atoms. The van der Waals surface area contributed by atoms with Crippen LogP contribution in [0.3, 0.4) is 0 Å². The smallest absolute Gasteiger partial charge is 0.142 e. The van der Waals surface area contributed by atoms with Gasteiger partial charge in [0.1, 0.15) is 5.82 Å². The van der Waals surface area contributed by atoms with E-state index in [-0.39, 0.29) is 10.8 Å². The first-order valence-corrected chi connectivity index (χ1v) is 9.27. The number of nitrogens with one attached hydrogen (secondary N) is 1. The van der Waals surface area contributed by atoms with Crippen molar-refractivity contribution in [2.75, 3.05) is 13.1 Å². The number of benzene rings is 1. The first kappa shape index (κ1) is 16.1. The molecule has 1 aromatic heterocycles. The molecule has 2 heterocycles. The average molecular weight is 348 g/mol. The Hall–Kier alpha value is -1.39. The third-order valence-corrected chi connectivity index (χ3v) is 5.69. The summed E-state index contributed by atoms with van der Waals surface area (Å²) in [5, 5.41) is 8.58. The third-order valence-electron chi connectivity index (χ3n) is 5.39. The van der Waals surface area contributed by atoms with Crippen LogP contribution >= 0.6 is 11.6 Å². The second-order valence-corrected chi connectivity index (χ2v) is 7.58. The predicted molar refractivity (Wildman–Crippen MR) is 95.0 cm³/mol. The van der Waals surface area contributed by atoms with Crippen LogP contribution in [0.25, 0.3) is 11.3 Å². The molecule has 2 aliphatic rings. The number of aromatic nitrogens is 2. The molecule has 5 heteroatoms. The lowest BCUT2D eigenvalue weighted by molar-refractivity contribution is 0.450. The Kier molecular flexibility index (Phi) is 4.35. The van der Waals surface area contributed by atoms with Crippen molar-refractivity contribution in [2.24, 2.45) is 5.92 Å². The van der Waals surface area contributed by atoms with Crippen LogP contribution in [-0.2, 0) is 12.8 Å². The molecule has 0 amide bonds. The van der Waals surface area contributed by atoms with Crippen molar-refractivity contribution in [1.82, 2.24) is 15.1 Å². The first-order valence-electron chi connectivity index (χ1n) is 8.90. The van der Waals surface area contributed by atoms with Gasteiger partial charge in [0.15, 0.2) is 0 Å². The fraction of sp³-hybridized carbons (Fsp3) is 0.526. The fourth-order valence-corrected chi connectivity index (χ4v) is 4.26. The van der Waals surface area contributed by atoms with E-state index in [0.717, 1.165) is 55.9 Å². The van der Waals surface area contributed by atoms with E-state index in [1.807, 2.05) is 6.07 Å². The Morgan fingerprint density at radius 2 is 2.08 bits per heavy atom. The largest absolute Gasteiger partial charge is 0.316 e. The number of hydrogen-bond donors (Lipinski definition) is 1. The van der Waals surface area contributed by atoms with Gasteiger partial charge in [-0.1, -0.05) is 24.6 Å². The van der Waals surface area contributed by atoms with E-state index in [1.54, 1.807) is 12.1 Å². The fourth-order valence-electron chi connectivity index (χ4n) is 4.14. The van der Waals surface area contributed by atoms with Crippen molar-refractivity contribution in [2.45, 2.75) is 45.1 Å². The molecule has 0 bridgehead atoms. The van der Waals surface area contributed by atoms with Crippen molar-refractivity contribution < 1.29 is 4.39 Å². The monoisotopic (exact) mass is 347 g/mol. The van der Waals surface area contributed by atoms with E-state index >= 15 is 0 Å². The molecule has 1 aliphatic heterocycles. The number of fused-ring (bicyclic) bond motifs is 1. The molecule has 1 fully saturated rings. The van der Waals surface area contributed by atoms with Gasteiger partial charge in [0.05, 0.1) is 22.5 Å². The zero-order valence-electron chi connectivity index (χ0n) is 14.0. The molecule has 3 nitrogen and oxygen atoms in total. The molecule has 0 spiro atoms. The molecule has 1 aromatic carbocycles.